The molecule has 2 aromatic rings. The zero-order valence-corrected chi connectivity index (χ0v) is 16.3. The Morgan fingerprint density at radius 2 is 2.00 bits per heavy atom. The van der Waals surface area contributed by atoms with Gasteiger partial charge in [0.15, 0.2) is 0 Å². The lowest BCUT2D eigenvalue weighted by Gasteiger charge is -2.36. The molecule has 1 aromatic heterocycles. The highest BCUT2D eigenvalue weighted by atomic mass is 35.5. The average Bonchev–Trinajstić information content (AvgIpc) is 3.08. The van der Waals surface area contributed by atoms with Gasteiger partial charge in [-0.15, -0.1) is 0 Å². The second-order valence-electron chi connectivity index (χ2n) is 7.54. The Bertz CT molecular complexity index is 895. The first-order valence-electron chi connectivity index (χ1n) is 9.37. The number of aryl methyl sites for hydroxylation is 1. The Morgan fingerprint density at radius 1 is 1.26 bits per heavy atom. The number of imide groups is 1. The number of amides is 3. The molecule has 1 spiro atoms. The van der Waals surface area contributed by atoms with Gasteiger partial charge in [0.25, 0.3) is 5.91 Å². The summed E-state index contributed by atoms with van der Waals surface area (Å²) in [6.07, 6.45) is 3.70. The second-order valence-corrected chi connectivity index (χ2v) is 7.90. The van der Waals surface area contributed by atoms with Gasteiger partial charge in [-0.3, -0.25) is 9.69 Å². The van der Waals surface area contributed by atoms with Crippen LogP contribution in [0.4, 0.5) is 4.79 Å². The first-order chi connectivity index (χ1) is 12.9. The second kappa shape index (κ2) is 6.68. The van der Waals surface area contributed by atoms with Gasteiger partial charge in [-0.05, 0) is 37.8 Å². The van der Waals surface area contributed by atoms with Gasteiger partial charge in [-0.25, -0.2) is 9.48 Å². The van der Waals surface area contributed by atoms with Crippen molar-refractivity contribution in [3.8, 4) is 5.69 Å². The van der Waals surface area contributed by atoms with E-state index in [0.29, 0.717) is 22.8 Å². The number of aromatic nitrogens is 2. The van der Waals surface area contributed by atoms with Crippen LogP contribution in [0.5, 0.6) is 0 Å². The van der Waals surface area contributed by atoms with Crippen molar-refractivity contribution in [2.75, 3.05) is 0 Å². The molecular formula is C20H23ClN4O2. The number of carbonyl (C=O) groups excluding carboxylic acids is 2. The number of carbonyl (C=O) groups is 2. The van der Waals surface area contributed by atoms with E-state index in [1.165, 1.54) is 4.90 Å². The summed E-state index contributed by atoms with van der Waals surface area (Å²) >= 11 is 6.57. The molecule has 3 amide bonds. The zero-order valence-electron chi connectivity index (χ0n) is 15.5. The zero-order chi connectivity index (χ0) is 19.2. The highest BCUT2D eigenvalue weighted by molar-refractivity contribution is 6.30. The third-order valence-electron chi connectivity index (χ3n) is 5.94. The van der Waals surface area contributed by atoms with E-state index >= 15 is 0 Å². The van der Waals surface area contributed by atoms with Crippen LogP contribution in [0.25, 0.3) is 5.69 Å². The molecule has 1 aliphatic carbocycles. The minimum Gasteiger partial charge on any atom is -0.323 e. The van der Waals surface area contributed by atoms with Gasteiger partial charge in [-0.1, -0.05) is 49.6 Å². The van der Waals surface area contributed by atoms with Crippen LogP contribution in [0.15, 0.2) is 30.3 Å². The van der Waals surface area contributed by atoms with Crippen LogP contribution in [-0.2, 0) is 11.3 Å². The minimum absolute atomic E-state index is 0.135. The van der Waals surface area contributed by atoms with Crippen molar-refractivity contribution < 1.29 is 9.59 Å². The van der Waals surface area contributed by atoms with E-state index in [-0.39, 0.29) is 24.4 Å². The molecule has 1 saturated carbocycles. The minimum atomic E-state index is -0.759. The fourth-order valence-corrected chi connectivity index (χ4v) is 4.58. The van der Waals surface area contributed by atoms with Crippen LogP contribution >= 0.6 is 11.6 Å². The number of urea groups is 1. The van der Waals surface area contributed by atoms with Crippen LogP contribution in [-0.4, -0.2) is 32.2 Å². The van der Waals surface area contributed by atoms with E-state index in [1.807, 2.05) is 44.2 Å². The summed E-state index contributed by atoms with van der Waals surface area (Å²) in [5.74, 6) is -0.000983. The van der Waals surface area contributed by atoms with Crippen molar-refractivity contribution in [2.24, 2.45) is 5.92 Å². The fourth-order valence-electron chi connectivity index (χ4n) is 4.25. The molecule has 1 aliphatic heterocycles. The lowest BCUT2D eigenvalue weighted by Crippen LogP contribution is -2.53. The molecule has 2 atom stereocenters. The first kappa shape index (κ1) is 18.0. The maximum atomic E-state index is 13.2. The average molecular weight is 387 g/mol. The van der Waals surface area contributed by atoms with Gasteiger partial charge in [-0.2, -0.15) is 5.10 Å². The van der Waals surface area contributed by atoms with Gasteiger partial charge in [0.2, 0.25) is 0 Å². The molecule has 0 unspecified atom stereocenters. The topological polar surface area (TPSA) is 67.2 Å². The number of hydrogen-bond donors (Lipinski definition) is 1. The summed E-state index contributed by atoms with van der Waals surface area (Å²) < 4.78 is 1.64. The Morgan fingerprint density at radius 3 is 2.70 bits per heavy atom. The highest BCUT2D eigenvalue weighted by Gasteiger charge is 2.54. The summed E-state index contributed by atoms with van der Waals surface area (Å²) in [6.45, 7) is 4.03. The van der Waals surface area contributed by atoms with E-state index in [1.54, 1.807) is 4.68 Å². The van der Waals surface area contributed by atoms with Gasteiger partial charge < -0.3 is 5.32 Å². The predicted molar refractivity (Wildman–Crippen MR) is 103 cm³/mol. The molecule has 2 fully saturated rings. The Balaban J connectivity index is 1.64. The maximum absolute atomic E-state index is 13.2. The van der Waals surface area contributed by atoms with Crippen molar-refractivity contribution in [1.82, 2.24) is 20.0 Å². The molecule has 142 valence electrons. The molecule has 1 N–H and O–H groups in total. The predicted octanol–water partition coefficient (Wildman–Crippen LogP) is 3.83. The number of nitrogens with one attached hydrogen (secondary N) is 1. The Labute approximate surface area is 163 Å². The number of para-hydroxylation sites is 1. The number of rotatable bonds is 3. The van der Waals surface area contributed by atoms with Crippen molar-refractivity contribution in [3.63, 3.8) is 0 Å². The molecule has 1 aromatic carbocycles. The molecule has 6 nitrogen and oxygen atoms in total. The standard InChI is InChI=1S/C20H23ClN4O2/c1-13-8-6-7-11-20(13)18(26)24(19(27)22-20)12-16-14(2)23-25(17(16)21)15-9-4-3-5-10-15/h3-5,9-10,13H,6-8,11-12H2,1-2H3,(H,22,27)/t13-,20+/m0/s1. The largest absolute Gasteiger partial charge is 0.325 e. The highest BCUT2D eigenvalue weighted by Crippen LogP contribution is 2.39. The summed E-state index contributed by atoms with van der Waals surface area (Å²) in [4.78, 5) is 27.1. The molecule has 27 heavy (non-hydrogen) atoms. The number of hydrogen-bond acceptors (Lipinski definition) is 3. The SMILES string of the molecule is Cc1nn(-c2ccccc2)c(Cl)c1CN1C(=O)N[C@@]2(CCCC[C@@H]2C)C1=O. The molecule has 2 aliphatic rings. The van der Waals surface area contributed by atoms with Crippen LogP contribution in [0, 0.1) is 12.8 Å². The molecule has 0 radical (unpaired) electrons. The van der Waals surface area contributed by atoms with Crippen molar-refractivity contribution in [2.45, 2.75) is 51.6 Å². The summed E-state index contributed by atoms with van der Waals surface area (Å²) in [5, 5.41) is 7.92. The third kappa shape index (κ3) is 2.83. The molecule has 1 saturated heterocycles. The van der Waals surface area contributed by atoms with E-state index in [0.717, 1.165) is 24.9 Å². The fraction of sp³-hybridized carbons (Fsp3) is 0.450. The van der Waals surface area contributed by atoms with Gasteiger partial charge in [0.05, 0.1) is 17.9 Å². The maximum Gasteiger partial charge on any atom is 0.325 e. The molecule has 7 heteroatoms. The molecule has 4 rings (SSSR count). The molecular weight excluding hydrogens is 364 g/mol. The Kier molecular flexibility index (Phi) is 4.46. The summed E-state index contributed by atoms with van der Waals surface area (Å²) in [6, 6.07) is 9.23. The summed E-state index contributed by atoms with van der Waals surface area (Å²) in [7, 11) is 0. The van der Waals surface area contributed by atoms with Crippen molar-refractivity contribution in [1.29, 1.82) is 0 Å². The van der Waals surface area contributed by atoms with E-state index < -0.39 is 5.54 Å². The molecule has 0 bridgehead atoms. The van der Waals surface area contributed by atoms with Crippen LogP contribution in [0.2, 0.25) is 5.15 Å². The quantitative estimate of drug-likeness (QED) is 0.815. The number of halogens is 1. The monoisotopic (exact) mass is 386 g/mol. The van der Waals surface area contributed by atoms with Crippen LogP contribution in [0.1, 0.15) is 43.9 Å². The van der Waals surface area contributed by atoms with Crippen LogP contribution < -0.4 is 5.32 Å². The lowest BCUT2D eigenvalue weighted by molar-refractivity contribution is -0.134. The molecule has 2 heterocycles. The van der Waals surface area contributed by atoms with E-state index in [4.69, 9.17) is 11.6 Å². The van der Waals surface area contributed by atoms with E-state index in [9.17, 15) is 9.59 Å². The van der Waals surface area contributed by atoms with Gasteiger partial charge in [0, 0.05) is 5.56 Å². The first-order valence-corrected chi connectivity index (χ1v) is 9.75. The van der Waals surface area contributed by atoms with E-state index in [2.05, 4.69) is 10.4 Å². The van der Waals surface area contributed by atoms with Gasteiger partial charge >= 0.3 is 6.03 Å². The van der Waals surface area contributed by atoms with Crippen molar-refractivity contribution >= 4 is 23.5 Å². The lowest BCUT2D eigenvalue weighted by atomic mass is 9.73. The number of nitrogens with zero attached hydrogens (tertiary/aromatic N) is 3. The Hall–Kier alpha value is -2.34. The van der Waals surface area contributed by atoms with Crippen molar-refractivity contribution in [3.05, 3.63) is 46.7 Å². The van der Waals surface area contributed by atoms with Gasteiger partial charge in [0.1, 0.15) is 10.7 Å². The third-order valence-corrected chi connectivity index (χ3v) is 6.33. The van der Waals surface area contributed by atoms with Crippen LogP contribution in [0.3, 0.4) is 0 Å². The smallest absolute Gasteiger partial charge is 0.323 e. The number of benzene rings is 1. The normalized spacial score (nSPS) is 25.3. The summed E-state index contributed by atoms with van der Waals surface area (Å²) in [5.41, 5.74) is 1.49.